The lowest BCUT2D eigenvalue weighted by molar-refractivity contribution is -0.135. The van der Waals surface area contributed by atoms with Crippen LogP contribution < -0.4 is 5.32 Å². The molecule has 0 aromatic carbocycles. The van der Waals surface area contributed by atoms with Crippen LogP contribution in [0.15, 0.2) is 0 Å². The zero-order valence-electron chi connectivity index (χ0n) is 13.3. The van der Waals surface area contributed by atoms with Crippen molar-refractivity contribution in [3.8, 4) is 0 Å². The molecule has 1 aromatic rings. The Morgan fingerprint density at radius 1 is 1.29 bits per heavy atom. The van der Waals surface area contributed by atoms with E-state index in [0.29, 0.717) is 6.10 Å². The van der Waals surface area contributed by atoms with Crippen molar-refractivity contribution in [3.63, 3.8) is 0 Å². The summed E-state index contributed by atoms with van der Waals surface area (Å²) in [6.45, 7) is 5.14. The second-order valence-corrected chi connectivity index (χ2v) is 5.94. The van der Waals surface area contributed by atoms with Gasteiger partial charge in [0.25, 0.3) is 0 Å². The Kier molecular flexibility index (Phi) is 4.19. The maximum Gasteiger partial charge on any atom is 0.179 e. The van der Waals surface area contributed by atoms with E-state index in [4.69, 9.17) is 19.3 Å². The van der Waals surface area contributed by atoms with Gasteiger partial charge in [0.15, 0.2) is 6.29 Å². The van der Waals surface area contributed by atoms with E-state index >= 15 is 0 Å². The minimum Gasteiger partial charge on any atom is -0.370 e. The predicted molar refractivity (Wildman–Crippen MR) is 79.4 cm³/mol. The molecule has 0 aliphatic carbocycles. The molecule has 118 valence electrons. The van der Waals surface area contributed by atoms with Crippen LogP contribution in [0, 0.1) is 6.92 Å². The van der Waals surface area contributed by atoms with Crippen molar-refractivity contribution in [2.45, 2.75) is 57.6 Å². The third kappa shape index (κ3) is 2.56. The SMILES string of the molecule is COC(OC)C1CCNc2c(C)c(C3CCC(C)O3)nn21. The van der Waals surface area contributed by atoms with E-state index < -0.39 is 0 Å². The molecule has 1 aromatic heterocycles. The summed E-state index contributed by atoms with van der Waals surface area (Å²) in [6.07, 6.45) is 3.23. The zero-order chi connectivity index (χ0) is 15.0. The predicted octanol–water partition coefficient (Wildman–Crippen LogP) is 2.41. The van der Waals surface area contributed by atoms with Gasteiger partial charge in [0.1, 0.15) is 18.0 Å². The van der Waals surface area contributed by atoms with Crippen LogP contribution >= 0.6 is 0 Å². The number of hydrogen-bond acceptors (Lipinski definition) is 5. The Bertz CT molecular complexity index is 499. The normalized spacial score (nSPS) is 28.7. The van der Waals surface area contributed by atoms with Crippen molar-refractivity contribution in [2.24, 2.45) is 0 Å². The van der Waals surface area contributed by atoms with Gasteiger partial charge in [0.05, 0.1) is 11.8 Å². The Hall–Kier alpha value is -1.11. The fraction of sp³-hybridized carbons (Fsp3) is 0.800. The lowest BCUT2D eigenvalue weighted by atomic mass is 10.1. The van der Waals surface area contributed by atoms with E-state index in [-0.39, 0.29) is 18.4 Å². The van der Waals surface area contributed by atoms with Gasteiger partial charge in [-0.05, 0) is 33.1 Å². The second kappa shape index (κ2) is 5.94. The maximum absolute atomic E-state index is 5.99. The molecule has 0 radical (unpaired) electrons. The molecule has 1 N–H and O–H groups in total. The number of hydrogen-bond donors (Lipinski definition) is 1. The van der Waals surface area contributed by atoms with Crippen LogP contribution in [0.5, 0.6) is 0 Å². The van der Waals surface area contributed by atoms with Crippen molar-refractivity contribution >= 4 is 5.82 Å². The summed E-state index contributed by atoms with van der Waals surface area (Å²) in [4.78, 5) is 0. The van der Waals surface area contributed by atoms with Crippen molar-refractivity contribution in [3.05, 3.63) is 11.3 Å². The first-order valence-corrected chi connectivity index (χ1v) is 7.69. The molecule has 2 aliphatic rings. The van der Waals surface area contributed by atoms with Crippen molar-refractivity contribution < 1.29 is 14.2 Å². The first-order valence-electron chi connectivity index (χ1n) is 7.69. The van der Waals surface area contributed by atoms with Gasteiger partial charge in [0.2, 0.25) is 0 Å². The van der Waals surface area contributed by atoms with Gasteiger partial charge < -0.3 is 19.5 Å². The third-order valence-corrected chi connectivity index (χ3v) is 4.55. The van der Waals surface area contributed by atoms with Gasteiger partial charge >= 0.3 is 0 Å². The number of nitrogens with one attached hydrogen (secondary N) is 1. The highest BCUT2D eigenvalue weighted by molar-refractivity contribution is 5.49. The zero-order valence-corrected chi connectivity index (χ0v) is 13.3. The molecule has 1 saturated heterocycles. The fourth-order valence-corrected chi connectivity index (χ4v) is 3.42. The molecular formula is C15H25N3O3. The van der Waals surface area contributed by atoms with E-state index in [1.807, 2.05) is 4.68 Å². The van der Waals surface area contributed by atoms with E-state index in [2.05, 4.69) is 19.2 Å². The molecule has 3 heterocycles. The highest BCUT2D eigenvalue weighted by Crippen LogP contribution is 2.38. The molecule has 3 atom stereocenters. The molecule has 0 saturated carbocycles. The van der Waals surface area contributed by atoms with Gasteiger partial charge in [-0.15, -0.1) is 0 Å². The Morgan fingerprint density at radius 3 is 2.67 bits per heavy atom. The van der Waals surface area contributed by atoms with E-state index in [1.54, 1.807) is 14.2 Å². The maximum atomic E-state index is 5.99. The van der Waals surface area contributed by atoms with E-state index in [9.17, 15) is 0 Å². The minimum atomic E-state index is -0.276. The molecule has 21 heavy (non-hydrogen) atoms. The topological polar surface area (TPSA) is 57.5 Å². The quantitative estimate of drug-likeness (QED) is 0.864. The summed E-state index contributed by atoms with van der Waals surface area (Å²) in [5, 5.41) is 8.29. The monoisotopic (exact) mass is 295 g/mol. The van der Waals surface area contributed by atoms with Gasteiger partial charge in [0, 0.05) is 26.3 Å². The Morgan fingerprint density at radius 2 is 2.05 bits per heavy atom. The van der Waals surface area contributed by atoms with Gasteiger partial charge in [-0.1, -0.05) is 0 Å². The fourth-order valence-electron chi connectivity index (χ4n) is 3.42. The standard InChI is InChI=1S/C15H25N3O3/c1-9-5-6-12(21-9)13-10(2)14-16-8-7-11(18(14)17-13)15(19-3)20-4/h9,11-12,15-16H,5-8H2,1-4H3. The van der Waals surface area contributed by atoms with Crippen LogP contribution in [-0.2, 0) is 14.2 Å². The number of methoxy groups -OCH3 is 2. The largest absolute Gasteiger partial charge is 0.370 e. The number of rotatable bonds is 4. The number of nitrogens with zero attached hydrogens (tertiary/aromatic N) is 2. The van der Waals surface area contributed by atoms with Crippen LogP contribution in [0.1, 0.15) is 49.6 Å². The van der Waals surface area contributed by atoms with Crippen LogP contribution in [0.4, 0.5) is 5.82 Å². The van der Waals surface area contributed by atoms with Crippen LogP contribution in [0.25, 0.3) is 0 Å². The first kappa shape index (κ1) is 14.8. The summed E-state index contributed by atoms with van der Waals surface area (Å²) in [7, 11) is 3.35. The average Bonchev–Trinajstić information content (AvgIpc) is 3.05. The molecule has 3 unspecified atom stereocenters. The molecule has 3 rings (SSSR count). The van der Waals surface area contributed by atoms with E-state index in [0.717, 1.165) is 37.3 Å². The summed E-state index contributed by atoms with van der Waals surface area (Å²) in [6, 6.07) is 0.0996. The third-order valence-electron chi connectivity index (χ3n) is 4.55. The molecule has 0 amide bonds. The molecule has 6 nitrogen and oxygen atoms in total. The average molecular weight is 295 g/mol. The van der Waals surface area contributed by atoms with Crippen molar-refractivity contribution in [1.29, 1.82) is 0 Å². The number of fused-ring (bicyclic) bond motifs is 1. The Balaban J connectivity index is 1.93. The molecule has 0 bridgehead atoms. The molecule has 6 heteroatoms. The number of aromatic nitrogens is 2. The second-order valence-electron chi connectivity index (χ2n) is 5.94. The first-order chi connectivity index (χ1) is 10.2. The Labute approximate surface area is 125 Å². The van der Waals surface area contributed by atoms with Crippen LogP contribution in [-0.4, -0.2) is 42.9 Å². The van der Waals surface area contributed by atoms with E-state index in [1.165, 1.54) is 5.56 Å². The van der Waals surface area contributed by atoms with Crippen molar-refractivity contribution in [1.82, 2.24) is 9.78 Å². The van der Waals surface area contributed by atoms with Gasteiger partial charge in [-0.25, -0.2) is 4.68 Å². The van der Waals surface area contributed by atoms with Gasteiger partial charge in [-0.3, -0.25) is 0 Å². The van der Waals surface area contributed by atoms with Crippen LogP contribution in [0.3, 0.4) is 0 Å². The molecule has 1 fully saturated rings. The summed E-state index contributed by atoms with van der Waals surface area (Å²) in [5.74, 6) is 1.07. The summed E-state index contributed by atoms with van der Waals surface area (Å²) in [5.41, 5.74) is 2.24. The smallest absolute Gasteiger partial charge is 0.179 e. The molecule has 2 aliphatic heterocycles. The minimum absolute atomic E-state index is 0.0996. The highest BCUT2D eigenvalue weighted by atomic mass is 16.7. The highest BCUT2D eigenvalue weighted by Gasteiger charge is 2.34. The summed E-state index contributed by atoms with van der Waals surface area (Å²) < 4.78 is 18.9. The van der Waals surface area contributed by atoms with Crippen LogP contribution in [0.2, 0.25) is 0 Å². The number of anilines is 1. The van der Waals surface area contributed by atoms with Gasteiger partial charge in [-0.2, -0.15) is 5.10 Å². The molecular weight excluding hydrogens is 270 g/mol. The molecule has 0 spiro atoms. The lowest BCUT2D eigenvalue weighted by Crippen LogP contribution is -2.34. The number of ether oxygens (including phenoxy) is 3. The lowest BCUT2D eigenvalue weighted by Gasteiger charge is -2.30. The van der Waals surface area contributed by atoms with Crippen molar-refractivity contribution in [2.75, 3.05) is 26.1 Å². The summed E-state index contributed by atoms with van der Waals surface area (Å²) >= 11 is 0.